The number of nitrogen functional groups attached to an aromatic ring is 1. The number of nitrogens with zero attached hydrogens (tertiary/aromatic N) is 2. The van der Waals surface area contributed by atoms with E-state index in [2.05, 4.69) is 17.1 Å². The Morgan fingerprint density at radius 2 is 2.32 bits per heavy atom. The third kappa shape index (κ3) is 2.89. The number of ether oxygens (including phenoxy) is 1. The summed E-state index contributed by atoms with van der Waals surface area (Å²) in [4.78, 5) is 14.4. The number of nitrogens with two attached hydrogens (primary N) is 1. The van der Waals surface area contributed by atoms with Gasteiger partial charge in [-0.2, -0.15) is 5.10 Å². The number of aromatic nitrogens is 2. The zero-order chi connectivity index (χ0) is 14.0. The van der Waals surface area contributed by atoms with Gasteiger partial charge in [-0.3, -0.25) is 9.89 Å². The van der Waals surface area contributed by atoms with Crippen molar-refractivity contribution in [3.05, 3.63) is 11.4 Å². The monoisotopic (exact) mass is 266 g/mol. The summed E-state index contributed by atoms with van der Waals surface area (Å²) >= 11 is 0. The second-order valence-electron chi connectivity index (χ2n) is 5.18. The number of aromatic amines is 1. The number of nitrogens with one attached hydrogen (secondary N) is 1. The van der Waals surface area contributed by atoms with Gasteiger partial charge in [-0.05, 0) is 32.6 Å². The zero-order valence-corrected chi connectivity index (χ0v) is 11.8. The number of methoxy groups -OCH3 is 1. The first-order chi connectivity index (χ1) is 9.06. The third-order valence-electron chi connectivity index (χ3n) is 3.79. The van der Waals surface area contributed by atoms with Gasteiger partial charge in [0.1, 0.15) is 0 Å². The second kappa shape index (κ2) is 5.61. The maximum absolute atomic E-state index is 12.6. The Hall–Kier alpha value is -1.56. The molecule has 6 heteroatoms. The lowest BCUT2D eigenvalue weighted by molar-refractivity contribution is 0.0590. The fourth-order valence-electron chi connectivity index (χ4n) is 2.25. The van der Waals surface area contributed by atoms with Crippen LogP contribution in [0.5, 0.6) is 0 Å². The Kier molecular flexibility index (Phi) is 4.09. The molecule has 1 aromatic heterocycles. The van der Waals surface area contributed by atoms with Crippen molar-refractivity contribution in [2.75, 3.05) is 26.0 Å². The van der Waals surface area contributed by atoms with Crippen molar-refractivity contribution in [3.63, 3.8) is 0 Å². The molecule has 1 unspecified atom stereocenters. The Bertz CT molecular complexity index is 453. The van der Waals surface area contributed by atoms with Crippen molar-refractivity contribution in [2.24, 2.45) is 5.92 Å². The van der Waals surface area contributed by atoms with Gasteiger partial charge in [0, 0.05) is 19.7 Å². The zero-order valence-electron chi connectivity index (χ0n) is 11.8. The lowest BCUT2D eigenvalue weighted by atomic mass is 10.1. The maximum atomic E-state index is 12.6. The van der Waals surface area contributed by atoms with Crippen molar-refractivity contribution in [1.82, 2.24) is 15.1 Å². The molecular weight excluding hydrogens is 244 g/mol. The van der Waals surface area contributed by atoms with Crippen LogP contribution in [0.4, 0.5) is 5.69 Å². The van der Waals surface area contributed by atoms with E-state index in [9.17, 15) is 4.79 Å². The van der Waals surface area contributed by atoms with Gasteiger partial charge >= 0.3 is 0 Å². The summed E-state index contributed by atoms with van der Waals surface area (Å²) in [5.41, 5.74) is 7.38. The van der Waals surface area contributed by atoms with Gasteiger partial charge in [-0.15, -0.1) is 0 Å². The minimum Gasteiger partial charge on any atom is -0.395 e. The van der Waals surface area contributed by atoms with E-state index >= 15 is 0 Å². The molecule has 6 nitrogen and oxygen atoms in total. The van der Waals surface area contributed by atoms with Crippen molar-refractivity contribution < 1.29 is 9.53 Å². The first-order valence-corrected chi connectivity index (χ1v) is 6.66. The third-order valence-corrected chi connectivity index (χ3v) is 3.79. The summed E-state index contributed by atoms with van der Waals surface area (Å²) in [5.74, 6) is 0.486. The summed E-state index contributed by atoms with van der Waals surface area (Å²) in [5, 5.41) is 6.78. The molecule has 0 radical (unpaired) electrons. The highest BCUT2D eigenvalue weighted by atomic mass is 16.5. The van der Waals surface area contributed by atoms with Crippen LogP contribution in [0, 0.1) is 12.8 Å². The Morgan fingerprint density at radius 3 is 2.79 bits per heavy atom. The lowest BCUT2D eigenvalue weighted by Crippen LogP contribution is -2.42. The highest BCUT2D eigenvalue weighted by Crippen LogP contribution is 2.35. The number of carbonyl (C=O) groups is 1. The number of rotatable bonds is 6. The molecule has 1 heterocycles. The number of amides is 1. The summed E-state index contributed by atoms with van der Waals surface area (Å²) in [7, 11) is 1.64. The van der Waals surface area contributed by atoms with E-state index in [-0.39, 0.29) is 11.9 Å². The molecule has 0 spiro atoms. The molecule has 3 N–H and O–H groups in total. The topological polar surface area (TPSA) is 84.2 Å². The van der Waals surface area contributed by atoms with E-state index in [0.717, 1.165) is 5.69 Å². The average molecular weight is 266 g/mol. The molecule has 0 aromatic carbocycles. The Balaban J connectivity index is 2.16. The molecule has 0 bridgehead atoms. The molecular formula is C13H22N4O2. The second-order valence-corrected chi connectivity index (χ2v) is 5.18. The van der Waals surface area contributed by atoms with Gasteiger partial charge < -0.3 is 15.4 Å². The van der Waals surface area contributed by atoms with Crippen LogP contribution in [0.3, 0.4) is 0 Å². The quantitative estimate of drug-likeness (QED) is 0.810. The fraction of sp³-hybridized carbons (Fsp3) is 0.692. The van der Waals surface area contributed by atoms with E-state index in [0.29, 0.717) is 30.5 Å². The molecule has 1 saturated carbocycles. The van der Waals surface area contributed by atoms with Crippen molar-refractivity contribution in [2.45, 2.75) is 32.7 Å². The first-order valence-electron chi connectivity index (χ1n) is 6.66. The SMILES string of the molecule is COCCN(C(=O)c1n[nH]c(C)c1N)C(C)C1CC1. The first kappa shape index (κ1) is 13.9. The maximum Gasteiger partial charge on any atom is 0.276 e. The molecule has 1 aromatic rings. The van der Waals surface area contributed by atoms with Crippen molar-refractivity contribution >= 4 is 11.6 Å². The van der Waals surface area contributed by atoms with Crippen molar-refractivity contribution in [3.8, 4) is 0 Å². The molecule has 106 valence electrons. The minimum atomic E-state index is -0.113. The number of carbonyl (C=O) groups excluding carboxylic acids is 1. The number of H-pyrrole nitrogens is 1. The van der Waals surface area contributed by atoms with Crippen LogP contribution in [0.25, 0.3) is 0 Å². The van der Waals surface area contributed by atoms with E-state index < -0.39 is 0 Å². The number of anilines is 1. The Labute approximate surface area is 113 Å². The van der Waals surface area contributed by atoms with Crippen LogP contribution >= 0.6 is 0 Å². The molecule has 19 heavy (non-hydrogen) atoms. The molecule has 2 rings (SSSR count). The molecule has 0 aliphatic heterocycles. The fourth-order valence-corrected chi connectivity index (χ4v) is 2.25. The predicted octanol–water partition coefficient (Wildman–Crippen LogP) is 1.19. The van der Waals surface area contributed by atoms with E-state index in [1.54, 1.807) is 7.11 Å². The smallest absolute Gasteiger partial charge is 0.276 e. The molecule has 1 aliphatic carbocycles. The van der Waals surface area contributed by atoms with Gasteiger partial charge in [0.15, 0.2) is 5.69 Å². The normalized spacial score (nSPS) is 16.4. The van der Waals surface area contributed by atoms with Gasteiger partial charge in [0.2, 0.25) is 0 Å². The van der Waals surface area contributed by atoms with Gasteiger partial charge in [-0.1, -0.05) is 0 Å². The highest BCUT2D eigenvalue weighted by molar-refractivity contribution is 5.97. The number of aryl methyl sites for hydroxylation is 1. The molecule has 0 saturated heterocycles. The number of hydrogen-bond acceptors (Lipinski definition) is 4. The average Bonchev–Trinajstić information content (AvgIpc) is 3.18. The summed E-state index contributed by atoms with van der Waals surface area (Å²) < 4.78 is 5.09. The van der Waals surface area contributed by atoms with Crippen LogP contribution in [-0.2, 0) is 4.74 Å². The largest absolute Gasteiger partial charge is 0.395 e. The summed E-state index contributed by atoms with van der Waals surface area (Å²) in [6.07, 6.45) is 2.38. The molecule has 1 amide bonds. The van der Waals surface area contributed by atoms with Gasteiger partial charge in [0.25, 0.3) is 5.91 Å². The summed E-state index contributed by atoms with van der Waals surface area (Å²) in [6.45, 7) is 4.98. The van der Waals surface area contributed by atoms with Crippen molar-refractivity contribution in [1.29, 1.82) is 0 Å². The van der Waals surface area contributed by atoms with Gasteiger partial charge in [-0.25, -0.2) is 0 Å². The predicted molar refractivity (Wildman–Crippen MR) is 72.8 cm³/mol. The van der Waals surface area contributed by atoms with Crippen LogP contribution in [0.2, 0.25) is 0 Å². The number of hydrogen-bond donors (Lipinski definition) is 2. The van der Waals surface area contributed by atoms with Crippen LogP contribution in [0.1, 0.15) is 35.9 Å². The minimum absolute atomic E-state index is 0.113. The van der Waals surface area contributed by atoms with E-state index in [1.807, 2.05) is 11.8 Å². The van der Waals surface area contributed by atoms with E-state index in [4.69, 9.17) is 10.5 Å². The van der Waals surface area contributed by atoms with Gasteiger partial charge in [0.05, 0.1) is 18.0 Å². The molecule has 1 aliphatic rings. The van der Waals surface area contributed by atoms with Crippen LogP contribution in [-0.4, -0.2) is 47.3 Å². The lowest BCUT2D eigenvalue weighted by Gasteiger charge is -2.28. The standard InChI is InChI=1S/C13H22N4O2/c1-8-11(14)12(16-15-8)13(18)17(6-7-19-3)9(2)10-4-5-10/h9-10H,4-7,14H2,1-3H3,(H,15,16). The van der Waals surface area contributed by atoms with Crippen LogP contribution in [0.15, 0.2) is 0 Å². The molecule has 1 fully saturated rings. The molecule has 1 atom stereocenters. The summed E-state index contributed by atoms with van der Waals surface area (Å²) in [6, 6.07) is 0.207. The van der Waals surface area contributed by atoms with Crippen LogP contribution < -0.4 is 5.73 Å². The Morgan fingerprint density at radius 1 is 1.63 bits per heavy atom. The highest BCUT2D eigenvalue weighted by Gasteiger charge is 2.35. The van der Waals surface area contributed by atoms with E-state index in [1.165, 1.54) is 12.8 Å².